The number of methoxy groups -OCH3 is 1. The lowest BCUT2D eigenvalue weighted by atomic mass is 10.1. The lowest BCUT2D eigenvalue weighted by Crippen LogP contribution is -2.16. The Labute approximate surface area is 134 Å². The summed E-state index contributed by atoms with van der Waals surface area (Å²) in [5.74, 6) is 0.891. The van der Waals surface area contributed by atoms with Gasteiger partial charge in [0.15, 0.2) is 0 Å². The quantitative estimate of drug-likeness (QED) is 0.652. The van der Waals surface area contributed by atoms with Crippen LogP contribution in [0.4, 0.5) is 0 Å². The summed E-state index contributed by atoms with van der Waals surface area (Å²) in [7, 11) is 1.69. The molecular formula is C19H28N2O. The van der Waals surface area contributed by atoms with Crippen LogP contribution in [0, 0.1) is 0 Å². The first-order valence-electron chi connectivity index (χ1n) is 8.36. The van der Waals surface area contributed by atoms with Gasteiger partial charge in [-0.05, 0) is 49.4 Å². The van der Waals surface area contributed by atoms with Crippen LogP contribution >= 0.6 is 0 Å². The van der Waals surface area contributed by atoms with Crippen molar-refractivity contribution < 1.29 is 4.74 Å². The summed E-state index contributed by atoms with van der Waals surface area (Å²) in [6.45, 7) is 4.26. The van der Waals surface area contributed by atoms with E-state index in [1.165, 1.54) is 43.5 Å². The molecule has 0 saturated carbocycles. The Morgan fingerprint density at radius 1 is 1.00 bits per heavy atom. The van der Waals surface area contributed by atoms with Crippen molar-refractivity contribution in [2.75, 3.05) is 13.7 Å². The van der Waals surface area contributed by atoms with Crippen molar-refractivity contribution >= 4 is 0 Å². The van der Waals surface area contributed by atoms with Gasteiger partial charge < -0.3 is 14.6 Å². The molecule has 0 atom stereocenters. The number of unbranched alkanes of at least 4 members (excludes halogenated alkanes) is 4. The Morgan fingerprint density at radius 3 is 2.50 bits per heavy atom. The fourth-order valence-electron chi connectivity index (χ4n) is 2.63. The lowest BCUT2D eigenvalue weighted by molar-refractivity contribution is 0.414. The summed E-state index contributed by atoms with van der Waals surface area (Å²) < 4.78 is 7.44. The highest BCUT2D eigenvalue weighted by Gasteiger charge is 2.03. The van der Waals surface area contributed by atoms with Gasteiger partial charge in [-0.25, -0.2) is 0 Å². The number of ether oxygens (including phenoxy) is 1. The van der Waals surface area contributed by atoms with Crippen molar-refractivity contribution in [1.29, 1.82) is 0 Å². The highest BCUT2D eigenvalue weighted by Crippen LogP contribution is 2.17. The molecule has 0 radical (unpaired) electrons. The molecule has 0 fully saturated rings. The van der Waals surface area contributed by atoms with E-state index in [0.29, 0.717) is 0 Å². The van der Waals surface area contributed by atoms with Crippen LogP contribution in [0.2, 0.25) is 0 Å². The molecule has 0 bridgehead atoms. The molecule has 1 heterocycles. The zero-order chi connectivity index (χ0) is 15.6. The van der Waals surface area contributed by atoms with Crippen LogP contribution in [0.1, 0.15) is 44.7 Å². The Hall–Kier alpha value is -1.74. The number of nitrogens with zero attached hydrogens (tertiary/aromatic N) is 1. The average Bonchev–Trinajstić information content (AvgIpc) is 3.02. The predicted octanol–water partition coefficient (Wildman–Crippen LogP) is 4.55. The molecule has 0 aliphatic heterocycles. The van der Waals surface area contributed by atoms with Gasteiger partial charge in [0, 0.05) is 24.1 Å². The van der Waals surface area contributed by atoms with Crippen molar-refractivity contribution in [1.82, 2.24) is 9.88 Å². The van der Waals surface area contributed by atoms with Crippen LogP contribution in [0.5, 0.6) is 5.75 Å². The SMILES string of the molecule is CCCCCCCNCc1cccn1-c1ccc(OC)cc1. The highest BCUT2D eigenvalue weighted by atomic mass is 16.5. The summed E-state index contributed by atoms with van der Waals surface area (Å²) in [6.07, 6.45) is 8.74. The molecule has 3 nitrogen and oxygen atoms in total. The van der Waals surface area contributed by atoms with Gasteiger partial charge in [0.05, 0.1) is 7.11 Å². The van der Waals surface area contributed by atoms with Crippen LogP contribution in [0.25, 0.3) is 5.69 Å². The molecular weight excluding hydrogens is 272 g/mol. The van der Waals surface area contributed by atoms with Crippen molar-refractivity contribution in [2.45, 2.75) is 45.6 Å². The normalized spacial score (nSPS) is 10.8. The van der Waals surface area contributed by atoms with Crippen LogP contribution < -0.4 is 10.1 Å². The van der Waals surface area contributed by atoms with Crippen molar-refractivity contribution in [3.8, 4) is 11.4 Å². The maximum atomic E-state index is 5.21. The molecule has 120 valence electrons. The van der Waals surface area contributed by atoms with Crippen LogP contribution in [-0.2, 0) is 6.54 Å². The fourth-order valence-corrected chi connectivity index (χ4v) is 2.63. The molecule has 3 heteroatoms. The molecule has 1 aromatic heterocycles. The minimum Gasteiger partial charge on any atom is -0.497 e. The van der Waals surface area contributed by atoms with Gasteiger partial charge in [-0.2, -0.15) is 0 Å². The van der Waals surface area contributed by atoms with Gasteiger partial charge in [-0.1, -0.05) is 32.6 Å². The Morgan fingerprint density at radius 2 is 1.77 bits per heavy atom. The molecule has 22 heavy (non-hydrogen) atoms. The van der Waals surface area contributed by atoms with E-state index in [2.05, 4.69) is 47.3 Å². The average molecular weight is 300 g/mol. The monoisotopic (exact) mass is 300 g/mol. The van der Waals surface area contributed by atoms with E-state index in [1.54, 1.807) is 7.11 Å². The van der Waals surface area contributed by atoms with Gasteiger partial charge in [0.25, 0.3) is 0 Å². The molecule has 1 aromatic carbocycles. The Bertz CT molecular complexity index is 531. The van der Waals surface area contributed by atoms with Gasteiger partial charge >= 0.3 is 0 Å². The number of hydrogen-bond acceptors (Lipinski definition) is 2. The summed E-state index contributed by atoms with van der Waals surface area (Å²) in [5, 5.41) is 3.55. The molecule has 0 aliphatic carbocycles. The Kier molecular flexibility index (Phi) is 7.04. The van der Waals surface area contributed by atoms with E-state index in [4.69, 9.17) is 4.74 Å². The van der Waals surface area contributed by atoms with Crippen LogP contribution in [-0.4, -0.2) is 18.2 Å². The fraction of sp³-hybridized carbons (Fsp3) is 0.474. The highest BCUT2D eigenvalue weighted by molar-refractivity contribution is 5.39. The summed E-state index contributed by atoms with van der Waals surface area (Å²) in [5.41, 5.74) is 2.46. The molecule has 2 aromatic rings. The third-order valence-corrected chi connectivity index (χ3v) is 3.95. The summed E-state index contributed by atoms with van der Waals surface area (Å²) in [4.78, 5) is 0. The number of aromatic nitrogens is 1. The molecule has 1 N–H and O–H groups in total. The second-order valence-corrected chi connectivity index (χ2v) is 5.66. The van der Waals surface area contributed by atoms with Gasteiger partial charge in [-0.3, -0.25) is 0 Å². The molecule has 0 spiro atoms. The molecule has 0 unspecified atom stereocenters. The van der Waals surface area contributed by atoms with E-state index in [9.17, 15) is 0 Å². The minimum absolute atomic E-state index is 0.891. The summed E-state index contributed by atoms with van der Waals surface area (Å²) >= 11 is 0. The third kappa shape index (κ3) is 4.92. The van der Waals surface area contributed by atoms with Crippen molar-refractivity contribution in [2.24, 2.45) is 0 Å². The first-order valence-corrected chi connectivity index (χ1v) is 8.36. The number of nitrogens with one attached hydrogen (secondary N) is 1. The van der Waals surface area contributed by atoms with E-state index in [0.717, 1.165) is 18.8 Å². The smallest absolute Gasteiger partial charge is 0.119 e. The van der Waals surface area contributed by atoms with E-state index in [1.807, 2.05) is 12.1 Å². The minimum atomic E-state index is 0.891. The van der Waals surface area contributed by atoms with Gasteiger partial charge in [-0.15, -0.1) is 0 Å². The third-order valence-electron chi connectivity index (χ3n) is 3.95. The largest absolute Gasteiger partial charge is 0.497 e. The summed E-state index contributed by atoms with van der Waals surface area (Å²) in [6, 6.07) is 12.5. The van der Waals surface area contributed by atoms with E-state index < -0.39 is 0 Å². The van der Waals surface area contributed by atoms with Crippen molar-refractivity contribution in [3.05, 3.63) is 48.3 Å². The lowest BCUT2D eigenvalue weighted by Gasteiger charge is -2.11. The Balaban J connectivity index is 1.81. The molecule has 2 rings (SSSR count). The second kappa shape index (κ2) is 9.31. The molecule has 0 amide bonds. The topological polar surface area (TPSA) is 26.2 Å². The van der Waals surface area contributed by atoms with Gasteiger partial charge in [0.1, 0.15) is 5.75 Å². The van der Waals surface area contributed by atoms with Crippen LogP contribution in [0.3, 0.4) is 0 Å². The standard InChI is InChI=1S/C19H28N2O/c1-3-4-5-6-7-14-20-16-18-9-8-15-21(18)17-10-12-19(22-2)13-11-17/h8-13,15,20H,3-7,14,16H2,1-2H3. The number of benzene rings is 1. The first-order chi connectivity index (χ1) is 10.8. The predicted molar refractivity (Wildman–Crippen MR) is 92.8 cm³/mol. The second-order valence-electron chi connectivity index (χ2n) is 5.66. The zero-order valence-electron chi connectivity index (χ0n) is 13.8. The zero-order valence-corrected chi connectivity index (χ0v) is 13.8. The van der Waals surface area contributed by atoms with E-state index in [-0.39, 0.29) is 0 Å². The number of hydrogen-bond donors (Lipinski definition) is 1. The molecule has 0 saturated heterocycles. The maximum Gasteiger partial charge on any atom is 0.119 e. The van der Waals surface area contributed by atoms with Crippen molar-refractivity contribution in [3.63, 3.8) is 0 Å². The van der Waals surface area contributed by atoms with Crippen LogP contribution in [0.15, 0.2) is 42.6 Å². The number of rotatable bonds is 10. The first kappa shape index (κ1) is 16.6. The maximum absolute atomic E-state index is 5.21. The van der Waals surface area contributed by atoms with E-state index >= 15 is 0 Å². The molecule has 0 aliphatic rings. The van der Waals surface area contributed by atoms with Gasteiger partial charge in [0.2, 0.25) is 0 Å².